The molecule has 0 aromatic heterocycles. The van der Waals surface area contributed by atoms with Crippen LogP contribution in [0, 0.1) is 0 Å². The molecule has 6 heteroatoms. The van der Waals surface area contributed by atoms with E-state index >= 15 is 0 Å². The summed E-state index contributed by atoms with van der Waals surface area (Å²) in [7, 11) is 0. The third-order valence-electron chi connectivity index (χ3n) is 5.85. The number of nitrogens with one attached hydrogen (secondary N) is 1. The quantitative estimate of drug-likeness (QED) is 0.646. The Hall–Kier alpha value is -2.08. The highest BCUT2D eigenvalue weighted by Gasteiger charge is 2.31. The molecule has 6 nitrogen and oxygen atoms in total. The van der Waals surface area contributed by atoms with E-state index in [1.54, 1.807) is 0 Å². The van der Waals surface area contributed by atoms with E-state index in [2.05, 4.69) is 41.4 Å². The number of carbonyl (C=O) groups excluding carboxylic acids is 1. The summed E-state index contributed by atoms with van der Waals surface area (Å²) in [6.45, 7) is 7.65. The lowest BCUT2D eigenvalue weighted by atomic mass is 9.78. The number of benzene rings is 1. The minimum Gasteiger partial charge on any atom is -0.368 e. The van der Waals surface area contributed by atoms with Gasteiger partial charge in [-0.2, -0.15) is 0 Å². The van der Waals surface area contributed by atoms with E-state index in [9.17, 15) is 4.79 Å². The lowest BCUT2D eigenvalue weighted by molar-refractivity contribution is -0.142. The van der Waals surface area contributed by atoms with Gasteiger partial charge in [0.25, 0.3) is 5.91 Å². The van der Waals surface area contributed by atoms with Gasteiger partial charge in [0.2, 0.25) is 0 Å². The normalized spacial score (nSPS) is 25.1. The van der Waals surface area contributed by atoms with Gasteiger partial charge in [0.1, 0.15) is 6.10 Å². The van der Waals surface area contributed by atoms with Gasteiger partial charge >= 0.3 is 0 Å². The highest BCUT2D eigenvalue weighted by Crippen LogP contribution is 2.34. The monoisotopic (exact) mass is 370 g/mol. The van der Waals surface area contributed by atoms with Crippen molar-refractivity contribution < 1.29 is 9.53 Å². The topological polar surface area (TPSA) is 57.2 Å². The Kier molecular flexibility index (Phi) is 5.62. The average Bonchev–Trinajstić information content (AvgIpc) is 3.22. The standard InChI is InChI=1S/C21H30N4O2/c1-2-22-21(23-15-17-14-16-6-3-4-7-18(16)17)25-11-9-24(10-12-25)20(26)19-8-5-13-27-19/h3-4,6-7,17,19H,2,5,8-15H2,1H3,(H,22,23). The predicted molar refractivity (Wildman–Crippen MR) is 106 cm³/mol. The molecule has 0 radical (unpaired) electrons. The number of piperazine rings is 1. The molecule has 27 heavy (non-hydrogen) atoms. The summed E-state index contributed by atoms with van der Waals surface area (Å²) in [5, 5.41) is 3.43. The Morgan fingerprint density at radius 1 is 1.22 bits per heavy atom. The van der Waals surface area contributed by atoms with Crippen molar-refractivity contribution in [1.82, 2.24) is 15.1 Å². The van der Waals surface area contributed by atoms with Crippen molar-refractivity contribution in [3.8, 4) is 0 Å². The van der Waals surface area contributed by atoms with Gasteiger partial charge in [-0.15, -0.1) is 0 Å². The first-order valence-corrected chi connectivity index (χ1v) is 10.3. The van der Waals surface area contributed by atoms with Crippen LogP contribution in [-0.4, -0.2) is 73.6 Å². The summed E-state index contributed by atoms with van der Waals surface area (Å²) in [5.41, 5.74) is 2.91. The maximum Gasteiger partial charge on any atom is 0.251 e. The third-order valence-corrected chi connectivity index (χ3v) is 5.85. The van der Waals surface area contributed by atoms with Crippen molar-refractivity contribution in [3.05, 3.63) is 35.4 Å². The van der Waals surface area contributed by atoms with Crippen LogP contribution in [0.2, 0.25) is 0 Å². The van der Waals surface area contributed by atoms with Crippen LogP contribution >= 0.6 is 0 Å². The minimum atomic E-state index is -0.211. The Morgan fingerprint density at radius 2 is 2.00 bits per heavy atom. The van der Waals surface area contributed by atoms with E-state index in [4.69, 9.17) is 9.73 Å². The molecule has 2 atom stereocenters. The SMILES string of the molecule is CCNC(=NCC1Cc2ccccc21)N1CCN(C(=O)C2CCCO2)CC1. The zero-order chi connectivity index (χ0) is 18.6. The zero-order valence-corrected chi connectivity index (χ0v) is 16.2. The van der Waals surface area contributed by atoms with Crippen molar-refractivity contribution >= 4 is 11.9 Å². The largest absolute Gasteiger partial charge is 0.368 e. The number of hydrogen-bond donors (Lipinski definition) is 1. The molecular formula is C21H30N4O2. The molecule has 1 aromatic rings. The fourth-order valence-electron chi connectivity index (χ4n) is 4.26. The molecule has 0 spiro atoms. The number of rotatable bonds is 4. The maximum absolute atomic E-state index is 12.5. The molecule has 2 fully saturated rings. The van der Waals surface area contributed by atoms with Crippen molar-refractivity contribution in [2.45, 2.75) is 38.2 Å². The Balaban J connectivity index is 1.32. The Bertz CT molecular complexity index is 691. The van der Waals surface area contributed by atoms with Gasteiger partial charge in [0.15, 0.2) is 5.96 Å². The number of ether oxygens (including phenoxy) is 1. The second-order valence-electron chi connectivity index (χ2n) is 7.61. The molecule has 2 heterocycles. The molecule has 2 unspecified atom stereocenters. The van der Waals surface area contributed by atoms with Crippen LogP contribution in [0.15, 0.2) is 29.3 Å². The summed E-state index contributed by atoms with van der Waals surface area (Å²) in [4.78, 5) is 21.7. The number of nitrogens with zero attached hydrogens (tertiary/aromatic N) is 3. The molecule has 3 aliphatic rings. The van der Waals surface area contributed by atoms with Gasteiger partial charge < -0.3 is 19.9 Å². The Morgan fingerprint density at radius 3 is 2.70 bits per heavy atom. The van der Waals surface area contributed by atoms with Crippen LogP contribution in [-0.2, 0) is 16.0 Å². The molecule has 2 aliphatic heterocycles. The molecule has 1 aromatic carbocycles. The first-order valence-electron chi connectivity index (χ1n) is 10.3. The van der Waals surface area contributed by atoms with Crippen molar-refractivity contribution in [2.75, 3.05) is 45.9 Å². The van der Waals surface area contributed by atoms with E-state index in [1.165, 1.54) is 11.1 Å². The van der Waals surface area contributed by atoms with Crippen molar-refractivity contribution in [1.29, 1.82) is 0 Å². The van der Waals surface area contributed by atoms with E-state index in [0.29, 0.717) is 5.92 Å². The molecule has 2 saturated heterocycles. The van der Waals surface area contributed by atoms with Gasteiger partial charge in [0, 0.05) is 51.8 Å². The fourth-order valence-corrected chi connectivity index (χ4v) is 4.26. The second kappa shape index (κ2) is 8.30. The molecule has 0 saturated carbocycles. The van der Waals surface area contributed by atoms with Crippen LogP contribution in [0.4, 0.5) is 0 Å². The zero-order valence-electron chi connectivity index (χ0n) is 16.2. The number of amides is 1. The molecule has 1 N–H and O–H groups in total. The summed E-state index contributed by atoms with van der Waals surface area (Å²) in [5.74, 6) is 1.68. The van der Waals surface area contributed by atoms with E-state index in [1.807, 2.05) is 4.90 Å². The molecule has 1 aliphatic carbocycles. The van der Waals surface area contributed by atoms with Gasteiger partial charge in [-0.25, -0.2) is 0 Å². The number of guanidine groups is 1. The number of carbonyl (C=O) groups is 1. The van der Waals surface area contributed by atoms with Gasteiger partial charge in [-0.05, 0) is 37.3 Å². The second-order valence-corrected chi connectivity index (χ2v) is 7.61. The summed E-state index contributed by atoms with van der Waals surface area (Å²) in [6.07, 6.45) is 2.78. The summed E-state index contributed by atoms with van der Waals surface area (Å²) >= 11 is 0. The maximum atomic E-state index is 12.5. The van der Waals surface area contributed by atoms with Crippen molar-refractivity contribution in [2.24, 2.45) is 4.99 Å². The van der Waals surface area contributed by atoms with E-state index in [-0.39, 0.29) is 12.0 Å². The number of aliphatic imine (C=N–C) groups is 1. The van der Waals surface area contributed by atoms with Gasteiger partial charge in [-0.3, -0.25) is 9.79 Å². The lowest BCUT2D eigenvalue weighted by Gasteiger charge is -2.37. The van der Waals surface area contributed by atoms with E-state index in [0.717, 1.165) is 71.1 Å². The molecule has 146 valence electrons. The predicted octanol–water partition coefficient (Wildman–Crippen LogP) is 1.61. The smallest absolute Gasteiger partial charge is 0.251 e. The van der Waals surface area contributed by atoms with Gasteiger partial charge in [0.05, 0.1) is 0 Å². The fraction of sp³-hybridized carbons (Fsp3) is 0.619. The molecular weight excluding hydrogens is 340 g/mol. The minimum absolute atomic E-state index is 0.167. The molecule has 0 bridgehead atoms. The lowest BCUT2D eigenvalue weighted by Crippen LogP contribution is -2.55. The highest BCUT2D eigenvalue weighted by molar-refractivity contribution is 5.83. The average molecular weight is 370 g/mol. The van der Waals surface area contributed by atoms with Crippen molar-refractivity contribution in [3.63, 3.8) is 0 Å². The van der Waals surface area contributed by atoms with Gasteiger partial charge in [-0.1, -0.05) is 24.3 Å². The molecule has 4 rings (SSSR count). The third kappa shape index (κ3) is 3.95. The van der Waals surface area contributed by atoms with Crippen LogP contribution in [0.25, 0.3) is 0 Å². The van der Waals surface area contributed by atoms with Crippen LogP contribution in [0.1, 0.15) is 36.8 Å². The Labute approximate surface area is 161 Å². The van der Waals surface area contributed by atoms with Crippen LogP contribution in [0.3, 0.4) is 0 Å². The van der Waals surface area contributed by atoms with Crippen LogP contribution < -0.4 is 5.32 Å². The molecule has 1 amide bonds. The summed E-state index contributed by atoms with van der Waals surface area (Å²) in [6, 6.07) is 8.66. The first kappa shape index (κ1) is 18.3. The van der Waals surface area contributed by atoms with E-state index < -0.39 is 0 Å². The number of hydrogen-bond acceptors (Lipinski definition) is 3. The number of fused-ring (bicyclic) bond motifs is 1. The first-order chi connectivity index (χ1) is 13.3. The summed E-state index contributed by atoms with van der Waals surface area (Å²) < 4.78 is 5.55. The highest BCUT2D eigenvalue weighted by atomic mass is 16.5. The van der Waals surface area contributed by atoms with Crippen LogP contribution in [0.5, 0.6) is 0 Å².